The quantitative estimate of drug-likeness (QED) is 0.229. The summed E-state index contributed by atoms with van der Waals surface area (Å²) in [5, 5.41) is 1.45. The molecule has 0 aliphatic rings. The molecule has 0 spiro atoms. The molecule has 0 saturated heterocycles. The highest BCUT2D eigenvalue weighted by Gasteiger charge is 2.29. The van der Waals surface area contributed by atoms with E-state index < -0.39 is 11.7 Å². The Kier molecular flexibility index (Phi) is 7.35. The van der Waals surface area contributed by atoms with Gasteiger partial charge in [0, 0.05) is 5.39 Å². The summed E-state index contributed by atoms with van der Waals surface area (Å²) in [6.07, 6.45) is 0.637. The summed E-state index contributed by atoms with van der Waals surface area (Å²) in [6.45, 7) is 2.18. The van der Waals surface area contributed by atoms with Crippen molar-refractivity contribution in [1.29, 1.82) is 0 Å². The van der Waals surface area contributed by atoms with Gasteiger partial charge in [-0.25, -0.2) is 4.39 Å². The van der Waals surface area contributed by atoms with Crippen LogP contribution in [-0.4, -0.2) is 0 Å². The summed E-state index contributed by atoms with van der Waals surface area (Å²) in [4.78, 5) is 0. The fourth-order valence-electron chi connectivity index (χ4n) is 4.32. The van der Waals surface area contributed by atoms with Crippen LogP contribution >= 0.6 is 0 Å². The second kappa shape index (κ2) is 10.4. The topological polar surface area (TPSA) is 0 Å². The van der Waals surface area contributed by atoms with Gasteiger partial charge >= 0.3 is 6.18 Å². The normalized spacial score (nSPS) is 11.8. The first-order valence-corrected chi connectivity index (χ1v) is 11.8. The molecule has 4 heteroatoms. The molecule has 0 radical (unpaired) electrons. The zero-order chi connectivity index (χ0) is 24.1. The van der Waals surface area contributed by atoms with Crippen LogP contribution in [0.5, 0.6) is 0 Å². The minimum Gasteiger partial charge on any atom is -0.206 e. The average Bonchev–Trinajstić information content (AvgIpc) is 2.83. The van der Waals surface area contributed by atoms with Gasteiger partial charge in [0.2, 0.25) is 0 Å². The third-order valence-electron chi connectivity index (χ3n) is 6.33. The lowest BCUT2D eigenvalue weighted by Crippen LogP contribution is -2.04. The predicted molar refractivity (Wildman–Crippen MR) is 131 cm³/mol. The molecule has 0 nitrogen and oxygen atoms in total. The van der Waals surface area contributed by atoms with Gasteiger partial charge < -0.3 is 0 Å². The van der Waals surface area contributed by atoms with Crippen molar-refractivity contribution in [2.24, 2.45) is 0 Å². The Morgan fingerprint density at radius 2 is 1.12 bits per heavy atom. The Balaban J connectivity index is 1.41. The predicted octanol–water partition coefficient (Wildman–Crippen LogP) is 8.52. The number of alkyl halides is 3. The lowest BCUT2D eigenvalue weighted by molar-refractivity contribution is -0.137. The smallest absolute Gasteiger partial charge is 0.206 e. The van der Waals surface area contributed by atoms with E-state index in [2.05, 4.69) is 31.2 Å². The van der Waals surface area contributed by atoms with E-state index in [1.807, 2.05) is 24.3 Å². The monoisotopic (exact) mass is 464 g/mol. The van der Waals surface area contributed by atoms with E-state index in [0.29, 0.717) is 23.8 Å². The molecule has 0 heterocycles. The SMILES string of the molecule is CCCc1ccc(CCc2ccc3c(F)c(CCc4ccc(C(F)(F)F)cc4)ccc3c2)cc1. The highest BCUT2D eigenvalue weighted by atomic mass is 19.4. The number of halogens is 4. The van der Waals surface area contributed by atoms with Crippen LogP contribution in [0.3, 0.4) is 0 Å². The largest absolute Gasteiger partial charge is 0.416 e. The molecule has 0 N–H and O–H groups in total. The van der Waals surface area contributed by atoms with Crippen molar-refractivity contribution in [2.75, 3.05) is 0 Å². The molecule has 34 heavy (non-hydrogen) atoms. The van der Waals surface area contributed by atoms with Crippen molar-refractivity contribution < 1.29 is 17.6 Å². The molecule has 0 amide bonds. The van der Waals surface area contributed by atoms with Crippen molar-refractivity contribution in [1.82, 2.24) is 0 Å². The first kappa shape index (κ1) is 24.0. The molecule has 176 valence electrons. The fraction of sp³-hybridized carbons (Fsp3) is 0.267. The Morgan fingerprint density at radius 1 is 0.588 bits per heavy atom. The van der Waals surface area contributed by atoms with Gasteiger partial charge in [0.25, 0.3) is 0 Å². The number of aryl methyl sites for hydroxylation is 5. The van der Waals surface area contributed by atoms with Crippen LogP contribution in [0.1, 0.15) is 46.7 Å². The van der Waals surface area contributed by atoms with Crippen molar-refractivity contribution in [3.8, 4) is 0 Å². The molecule has 0 atom stereocenters. The molecule has 0 saturated carbocycles. The van der Waals surface area contributed by atoms with Gasteiger partial charge in [-0.3, -0.25) is 0 Å². The van der Waals surface area contributed by atoms with E-state index >= 15 is 4.39 Å². The van der Waals surface area contributed by atoms with Crippen molar-refractivity contribution in [3.63, 3.8) is 0 Å². The van der Waals surface area contributed by atoms with Crippen LogP contribution in [0.2, 0.25) is 0 Å². The van der Waals surface area contributed by atoms with Gasteiger partial charge in [-0.05, 0) is 77.4 Å². The molecule has 4 rings (SSSR count). The summed E-state index contributed by atoms with van der Waals surface area (Å²) >= 11 is 0. The third kappa shape index (κ3) is 5.85. The van der Waals surface area contributed by atoms with Gasteiger partial charge in [-0.1, -0.05) is 80.1 Å². The maximum atomic E-state index is 15.1. The van der Waals surface area contributed by atoms with Gasteiger partial charge in [-0.15, -0.1) is 0 Å². The first-order chi connectivity index (χ1) is 16.3. The van der Waals surface area contributed by atoms with E-state index in [4.69, 9.17) is 0 Å². The van der Waals surface area contributed by atoms with E-state index in [0.717, 1.165) is 48.8 Å². The Hall–Kier alpha value is -3.14. The van der Waals surface area contributed by atoms with Crippen LogP contribution in [0, 0.1) is 5.82 Å². The van der Waals surface area contributed by atoms with Crippen LogP contribution in [0.25, 0.3) is 10.8 Å². The van der Waals surface area contributed by atoms with Crippen LogP contribution < -0.4 is 0 Å². The summed E-state index contributed by atoms with van der Waals surface area (Å²) in [7, 11) is 0. The highest BCUT2D eigenvalue weighted by Crippen LogP contribution is 2.29. The maximum absolute atomic E-state index is 15.1. The van der Waals surface area contributed by atoms with Crippen molar-refractivity contribution in [3.05, 3.63) is 118 Å². The van der Waals surface area contributed by atoms with E-state index in [9.17, 15) is 13.2 Å². The fourth-order valence-corrected chi connectivity index (χ4v) is 4.32. The number of hydrogen-bond donors (Lipinski definition) is 0. The summed E-state index contributed by atoms with van der Waals surface area (Å²) in [6, 6.07) is 23.4. The molecule has 0 bridgehead atoms. The standard InChI is InChI=1S/C30H28F4/c1-2-3-21-4-6-22(7-5-21)8-9-24-13-19-28-26(20-24)16-15-25(29(28)31)14-10-23-11-17-27(18-12-23)30(32,33)34/h4-7,11-13,15-20H,2-3,8-10,14H2,1H3. The van der Waals surface area contributed by atoms with Crippen LogP contribution in [0.4, 0.5) is 17.6 Å². The molecule has 0 fully saturated rings. The zero-order valence-corrected chi connectivity index (χ0v) is 19.3. The zero-order valence-electron chi connectivity index (χ0n) is 19.3. The average molecular weight is 465 g/mol. The van der Waals surface area contributed by atoms with Crippen LogP contribution in [-0.2, 0) is 38.3 Å². The molecule has 4 aromatic carbocycles. The van der Waals surface area contributed by atoms with Crippen LogP contribution in [0.15, 0.2) is 78.9 Å². The van der Waals surface area contributed by atoms with Crippen molar-refractivity contribution in [2.45, 2.75) is 51.6 Å². The van der Waals surface area contributed by atoms with Crippen molar-refractivity contribution >= 4 is 10.8 Å². The molecule has 0 aliphatic heterocycles. The minimum absolute atomic E-state index is 0.248. The lowest BCUT2D eigenvalue weighted by atomic mass is 9.97. The molecule has 0 aliphatic carbocycles. The van der Waals surface area contributed by atoms with E-state index in [-0.39, 0.29) is 5.82 Å². The molecule has 4 aromatic rings. The van der Waals surface area contributed by atoms with Gasteiger partial charge in [0.15, 0.2) is 0 Å². The summed E-state index contributed by atoms with van der Waals surface area (Å²) in [5.74, 6) is -0.248. The second-order valence-electron chi connectivity index (χ2n) is 8.86. The maximum Gasteiger partial charge on any atom is 0.416 e. The van der Waals surface area contributed by atoms with Gasteiger partial charge in [0.1, 0.15) is 5.82 Å². The summed E-state index contributed by atoms with van der Waals surface area (Å²) < 4.78 is 53.3. The second-order valence-corrected chi connectivity index (χ2v) is 8.86. The Labute approximate surface area is 198 Å². The first-order valence-electron chi connectivity index (χ1n) is 11.8. The van der Waals surface area contributed by atoms with Gasteiger partial charge in [-0.2, -0.15) is 13.2 Å². The number of rotatable bonds is 8. The highest BCUT2D eigenvalue weighted by molar-refractivity contribution is 5.84. The molecule has 0 aromatic heterocycles. The van der Waals surface area contributed by atoms with Gasteiger partial charge in [0.05, 0.1) is 5.56 Å². The Morgan fingerprint density at radius 3 is 1.74 bits per heavy atom. The summed E-state index contributed by atoms with van der Waals surface area (Å²) in [5.41, 5.74) is 4.49. The lowest BCUT2D eigenvalue weighted by Gasteiger charge is -2.10. The third-order valence-corrected chi connectivity index (χ3v) is 6.33. The molecular formula is C30H28F4. The molecular weight excluding hydrogens is 436 g/mol. The van der Waals surface area contributed by atoms with E-state index in [1.54, 1.807) is 6.07 Å². The number of hydrogen-bond acceptors (Lipinski definition) is 0. The Bertz CT molecular complexity index is 1240. The van der Waals surface area contributed by atoms with E-state index in [1.165, 1.54) is 28.8 Å². The molecule has 0 unspecified atom stereocenters. The minimum atomic E-state index is -4.35. The number of benzene rings is 4. The number of fused-ring (bicyclic) bond motifs is 1.